The zero-order chi connectivity index (χ0) is 14.4. The summed E-state index contributed by atoms with van der Waals surface area (Å²) in [7, 11) is 0. The van der Waals surface area contributed by atoms with Crippen molar-refractivity contribution in [1.29, 1.82) is 0 Å². The van der Waals surface area contributed by atoms with Gasteiger partial charge in [0, 0.05) is 17.8 Å². The average Bonchev–Trinajstić information content (AvgIpc) is 2.32. The fraction of sp³-hybridized carbons (Fsp3) is 0.462. The average molecular weight is 264 g/mol. The Balaban J connectivity index is 2.49. The predicted octanol–water partition coefficient (Wildman–Crippen LogP) is 0.474. The number of pyridine rings is 1. The number of aromatic nitrogens is 1. The molecule has 0 atom stereocenters. The first-order chi connectivity index (χ1) is 8.88. The molecule has 0 bridgehead atoms. The second-order valence-corrected chi connectivity index (χ2v) is 4.80. The quantitative estimate of drug-likeness (QED) is 0.720. The lowest BCUT2D eigenvalue weighted by molar-refractivity contribution is -0.120. The van der Waals surface area contributed by atoms with Gasteiger partial charge in [-0.3, -0.25) is 9.59 Å². The number of nitrogen functional groups attached to an aromatic ring is 1. The molecule has 1 aromatic rings. The Morgan fingerprint density at radius 1 is 1.32 bits per heavy atom. The molecule has 6 heteroatoms. The van der Waals surface area contributed by atoms with Gasteiger partial charge in [0.05, 0.1) is 6.54 Å². The van der Waals surface area contributed by atoms with Gasteiger partial charge in [0.15, 0.2) is 0 Å². The zero-order valence-electron chi connectivity index (χ0n) is 11.5. The molecule has 0 aliphatic heterocycles. The normalized spacial score (nSPS) is 10.3. The van der Waals surface area contributed by atoms with Gasteiger partial charge in [-0.25, -0.2) is 4.98 Å². The van der Waals surface area contributed by atoms with Gasteiger partial charge in [0.2, 0.25) is 5.91 Å². The van der Waals surface area contributed by atoms with Gasteiger partial charge in [-0.15, -0.1) is 0 Å². The maximum Gasteiger partial charge on any atom is 0.251 e. The summed E-state index contributed by atoms with van der Waals surface area (Å²) in [5, 5.41) is 5.26. The number of nitrogens with one attached hydrogen (secondary N) is 2. The van der Waals surface area contributed by atoms with Crippen molar-refractivity contribution >= 4 is 17.6 Å². The van der Waals surface area contributed by atoms with Gasteiger partial charge in [0.25, 0.3) is 5.91 Å². The molecule has 0 spiro atoms. The molecule has 0 saturated carbocycles. The summed E-state index contributed by atoms with van der Waals surface area (Å²) in [6, 6.07) is 3.10. The topological polar surface area (TPSA) is 97.1 Å². The molecule has 0 fully saturated rings. The minimum absolute atomic E-state index is 0.0488. The van der Waals surface area contributed by atoms with Crippen LogP contribution in [0.5, 0.6) is 0 Å². The van der Waals surface area contributed by atoms with Crippen molar-refractivity contribution in [3.05, 3.63) is 23.4 Å². The number of carbonyl (C=O) groups is 2. The van der Waals surface area contributed by atoms with E-state index in [0.717, 1.165) is 0 Å². The molecular weight excluding hydrogens is 244 g/mol. The predicted molar refractivity (Wildman–Crippen MR) is 73.6 cm³/mol. The minimum atomic E-state index is -0.336. The van der Waals surface area contributed by atoms with Gasteiger partial charge in [0.1, 0.15) is 5.82 Å². The SMILES string of the molecule is Cc1cc(C(=O)NCC(=O)NCC(C)C)cc(N)n1. The number of nitrogens with two attached hydrogens (primary N) is 1. The summed E-state index contributed by atoms with van der Waals surface area (Å²) < 4.78 is 0. The molecule has 1 aromatic heterocycles. The lowest BCUT2D eigenvalue weighted by Gasteiger charge is -2.09. The van der Waals surface area contributed by atoms with Crippen molar-refractivity contribution in [3.8, 4) is 0 Å². The maximum atomic E-state index is 11.8. The van der Waals surface area contributed by atoms with E-state index in [1.807, 2.05) is 13.8 Å². The highest BCUT2D eigenvalue weighted by molar-refractivity contribution is 5.97. The second kappa shape index (κ2) is 6.72. The molecule has 0 aliphatic carbocycles. The van der Waals surface area contributed by atoms with Crippen LogP contribution in [0.4, 0.5) is 5.82 Å². The maximum absolute atomic E-state index is 11.8. The van der Waals surface area contributed by atoms with E-state index in [2.05, 4.69) is 15.6 Å². The van der Waals surface area contributed by atoms with Crippen molar-refractivity contribution in [2.75, 3.05) is 18.8 Å². The Bertz CT molecular complexity index is 451. The van der Waals surface area contributed by atoms with Crippen LogP contribution in [-0.4, -0.2) is 29.9 Å². The van der Waals surface area contributed by atoms with Crippen LogP contribution < -0.4 is 16.4 Å². The summed E-state index contributed by atoms with van der Waals surface area (Å²) in [5.74, 6) is 0.120. The molecule has 19 heavy (non-hydrogen) atoms. The van der Waals surface area contributed by atoms with Crippen molar-refractivity contribution in [2.24, 2.45) is 5.92 Å². The van der Waals surface area contributed by atoms with Crippen LogP contribution in [0, 0.1) is 12.8 Å². The van der Waals surface area contributed by atoms with Crippen LogP contribution >= 0.6 is 0 Å². The molecule has 4 N–H and O–H groups in total. The van der Waals surface area contributed by atoms with Crippen molar-refractivity contribution in [2.45, 2.75) is 20.8 Å². The smallest absolute Gasteiger partial charge is 0.251 e. The van der Waals surface area contributed by atoms with Gasteiger partial charge < -0.3 is 16.4 Å². The number of hydrogen-bond acceptors (Lipinski definition) is 4. The summed E-state index contributed by atoms with van der Waals surface area (Å²) >= 11 is 0. The van der Waals surface area contributed by atoms with Gasteiger partial charge >= 0.3 is 0 Å². The van der Waals surface area contributed by atoms with Crippen LogP contribution in [0.3, 0.4) is 0 Å². The fourth-order valence-electron chi connectivity index (χ4n) is 1.47. The molecule has 0 unspecified atom stereocenters. The third kappa shape index (κ3) is 5.37. The standard InChI is InChI=1S/C13H20N4O2/c1-8(2)6-15-12(18)7-16-13(19)10-4-9(3)17-11(14)5-10/h4-5,8H,6-7H2,1-3H3,(H2,14,17)(H,15,18)(H,16,19). The molecule has 1 heterocycles. The Labute approximate surface area is 112 Å². The summed E-state index contributed by atoms with van der Waals surface area (Å²) in [6.07, 6.45) is 0. The van der Waals surface area contributed by atoms with Crippen LogP contribution in [0.1, 0.15) is 29.9 Å². The Kier molecular flexibility index (Phi) is 5.29. The fourth-order valence-corrected chi connectivity index (χ4v) is 1.47. The van der Waals surface area contributed by atoms with Crippen molar-refractivity contribution < 1.29 is 9.59 Å². The van der Waals surface area contributed by atoms with E-state index >= 15 is 0 Å². The van der Waals surface area contributed by atoms with E-state index in [0.29, 0.717) is 23.7 Å². The van der Waals surface area contributed by atoms with E-state index in [4.69, 9.17) is 5.73 Å². The number of carbonyl (C=O) groups excluding carboxylic acids is 2. The summed E-state index contributed by atoms with van der Waals surface area (Å²) in [4.78, 5) is 27.3. The lowest BCUT2D eigenvalue weighted by atomic mass is 10.2. The highest BCUT2D eigenvalue weighted by atomic mass is 16.2. The monoisotopic (exact) mass is 264 g/mol. The minimum Gasteiger partial charge on any atom is -0.384 e. The Hall–Kier alpha value is -2.11. The first kappa shape index (κ1) is 14.9. The van der Waals surface area contributed by atoms with E-state index in [9.17, 15) is 9.59 Å². The summed E-state index contributed by atoms with van der Waals surface area (Å²) in [6.45, 7) is 6.30. The Morgan fingerprint density at radius 3 is 2.58 bits per heavy atom. The van der Waals surface area contributed by atoms with Gasteiger partial charge in [-0.1, -0.05) is 13.8 Å². The number of hydrogen-bond donors (Lipinski definition) is 3. The molecule has 1 rings (SSSR count). The number of rotatable bonds is 5. The number of amides is 2. The molecule has 0 radical (unpaired) electrons. The Morgan fingerprint density at radius 2 is 2.00 bits per heavy atom. The van der Waals surface area contributed by atoms with E-state index in [-0.39, 0.29) is 24.2 Å². The largest absolute Gasteiger partial charge is 0.384 e. The van der Waals surface area contributed by atoms with Crippen LogP contribution in [0.25, 0.3) is 0 Å². The lowest BCUT2D eigenvalue weighted by Crippen LogP contribution is -2.38. The van der Waals surface area contributed by atoms with Crippen LogP contribution in [-0.2, 0) is 4.79 Å². The first-order valence-electron chi connectivity index (χ1n) is 6.17. The van der Waals surface area contributed by atoms with Crippen LogP contribution in [0.15, 0.2) is 12.1 Å². The first-order valence-corrected chi connectivity index (χ1v) is 6.17. The van der Waals surface area contributed by atoms with E-state index in [1.165, 1.54) is 6.07 Å². The third-order valence-corrected chi connectivity index (χ3v) is 2.35. The molecule has 2 amide bonds. The molecule has 104 valence electrons. The zero-order valence-corrected chi connectivity index (χ0v) is 11.5. The third-order valence-electron chi connectivity index (χ3n) is 2.35. The molecule has 0 aromatic carbocycles. The second-order valence-electron chi connectivity index (χ2n) is 4.80. The van der Waals surface area contributed by atoms with Crippen LogP contribution in [0.2, 0.25) is 0 Å². The van der Waals surface area contributed by atoms with Crippen molar-refractivity contribution in [3.63, 3.8) is 0 Å². The number of nitrogens with zero attached hydrogens (tertiary/aromatic N) is 1. The van der Waals surface area contributed by atoms with Gasteiger partial charge in [-0.05, 0) is 25.0 Å². The van der Waals surface area contributed by atoms with E-state index < -0.39 is 0 Å². The molecule has 0 saturated heterocycles. The molecular formula is C13H20N4O2. The highest BCUT2D eigenvalue weighted by Crippen LogP contribution is 2.06. The summed E-state index contributed by atoms with van der Waals surface area (Å²) in [5.41, 5.74) is 6.63. The van der Waals surface area contributed by atoms with E-state index in [1.54, 1.807) is 13.0 Å². The highest BCUT2D eigenvalue weighted by Gasteiger charge is 2.09. The van der Waals surface area contributed by atoms with Crippen molar-refractivity contribution in [1.82, 2.24) is 15.6 Å². The number of aryl methyl sites for hydroxylation is 1. The molecule has 6 nitrogen and oxygen atoms in total. The molecule has 0 aliphatic rings. The number of anilines is 1. The van der Waals surface area contributed by atoms with Gasteiger partial charge in [-0.2, -0.15) is 0 Å².